The lowest BCUT2D eigenvalue weighted by atomic mass is 10.1. The third-order valence-electron chi connectivity index (χ3n) is 5.01. The number of amides is 1. The lowest BCUT2D eigenvalue weighted by Gasteiger charge is -2.26. The van der Waals surface area contributed by atoms with E-state index < -0.39 is 33.2 Å². The Labute approximate surface area is 190 Å². The fourth-order valence-electron chi connectivity index (χ4n) is 3.26. The number of aromatic carboxylic acids is 1. The van der Waals surface area contributed by atoms with Crippen LogP contribution in [0.3, 0.4) is 0 Å². The van der Waals surface area contributed by atoms with E-state index in [9.17, 15) is 27.9 Å². The van der Waals surface area contributed by atoms with Crippen LogP contribution in [-0.4, -0.2) is 77.5 Å². The highest BCUT2D eigenvalue weighted by molar-refractivity contribution is 7.89. The van der Waals surface area contributed by atoms with Crippen LogP contribution in [0.25, 0.3) is 21.8 Å². The minimum atomic E-state index is -3.98. The molecule has 0 spiro atoms. The second-order valence-electron chi connectivity index (χ2n) is 8.65. The van der Waals surface area contributed by atoms with Crippen molar-refractivity contribution in [3.05, 3.63) is 40.3 Å². The Morgan fingerprint density at radius 3 is 2.42 bits per heavy atom. The molecular weight excluding hydrogens is 452 g/mol. The quantitative estimate of drug-likeness (QED) is 0.491. The van der Waals surface area contributed by atoms with E-state index in [0.717, 1.165) is 4.31 Å². The molecule has 0 atom stereocenters. The molecule has 0 saturated carbocycles. The molecule has 12 heteroatoms. The lowest BCUT2D eigenvalue weighted by molar-refractivity contribution is 0.0294. The van der Waals surface area contributed by atoms with Gasteiger partial charge in [0.25, 0.3) is 5.56 Å². The van der Waals surface area contributed by atoms with E-state index in [-0.39, 0.29) is 39.8 Å². The summed E-state index contributed by atoms with van der Waals surface area (Å²) in [5, 5.41) is 9.89. The topological polar surface area (TPSA) is 153 Å². The summed E-state index contributed by atoms with van der Waals surface area (Å²) in [7, 11) is -1.09. The molecule has 0 aliphatic carbocycles. The van der Waals surface area contributed by atoms with Crippen molar-refractivity contribution in [1.29, 1.82) is 0 Å². The van der Waals surface area contributed by atoms with E-state index in [1.54, 1.807) is 20.8 Å². The number of nitrogens with one attached hydrogen (secondary N) is 2. The number of sulfonamides is 1. The number of likely N-dealkylation sites (N-methyl/N-ethyl adjacent to an activating group) is 2. The number of pyridine rings is 1. The molecular formula is C21H26N4O7S. The zero-order valence-corrected chi connectivity index (χ0v) is 19.7. The van der Waals surface area contributed by atoms with Crippen LogP contribution in [0.4, 0.5) is 4.79 Å². The number of rotatable bonds is 6. The molecule has 33 heavy (non-hydrogen) atoms. The van der Waals surface area contributed by atoms with E-state index in [0.29, 0.717) is 5.52 Å². The average Bonchev–Trinajstić information content (AvgIpc) is 3.16. The van der Waals surface area contributed by atoms with Gasteiger partial charge in [0.05, 0.1) is 10.5 Å². The Kier molecular flexibility index (Phi) is 6.27. The molecule has 11 nitrogen and oxygen atoms in total. The first-order chi connectivity index (χ1) is 15.2. The van der Waals surface area contributed by atoms with E-state index in [2.05, 4.69) is 9.97 Å². The molecule has 3 N–H and O–H groups in total. The largest absolute Gasteiger partial charge is 0.478 e. The van der Waals surface area contributed by atoms with Crippen LogP contribution in [0.15, 0.2) is 34.1 Å². The highest BCUT2D eigenvalue weighted by Crippen LogP contribution is 2.28. The molecule has 0 aliphatic heterocycles. The minimum absolute atomic E-state index is 0.00166. The summed E-state index contributed by atoms with van der Waals surface area (Å²) in [6, 6.07) is 4.08. The van der Waals surface area contributed by atoms with Crippen LogP contribution in [0, 0.1) is 0 Å². The first-order valence-electron chi connectivity index (χ1n) is 10.0. The van der Waals surface area contributed by atoms with Crippen molar-refractivity contribution in [3.8, 4) is 0 Å². The Balaban J connectivity index is 1.93. The van der Waals surface area contributed by atoms with Gasteiger partial charge in [-0.2, -0.15) is 4.31 Å². The number of nitrogens with zero attached hydrogens (tertiary/aromatic N) is 2. The molecule has 2 aromatic heterocycles. The maximum Gasteiger partial charge on any atom is 0.410 e. The average molecular weight is 479 g/mol. The number of carbonyl (C=O) groups is 2. The fourth-order valence-corrected chi connectivity index (χ4v) is 4.45. The van der Waals surface area contributed by atoms with Gasteiger partial charge in [0, 0.05) is 49.7 Å². The normalized spacial score (nSPS) is 12.4. The van der Waals surface area contributed by atoms with E-state index in [1.165, 1.54) is 43.4 Å². The maximum atomic E-state index is 13.1. The zero-order chi connectivity index (χ0) is 24.7. The molecule has 1 aromatic carbocycles. The summed E-state index contributed by atoms with van der Waals surface area (Å²) in [6.07, 6.45) is 0.626. The second kappa shape index (κ2) is 8.52. The predicted molar refractivity (Wildman–Crippen MR) is 122 cm³/mol. The number of carbonyl (C=O) groups excluding carboxylic acids is 1. The summed E-state index contributed by atoms with van der Waals surface area (Å²) in [6.45, 7) is 5.30. The lowest BCUT2D eigenvalue weighted by Crippen LogP contribution is -2.39. The Hall–Kier alpha value is -3.38. The van der Waals surface area contributed by atoms with Gasteiger partial charge in [-0.1, -0.05) is 0 Å². The summed E-state index contributed by atoms with van der Waals surface area (Å²) in [5.74, 6) is -1.25. The third-order valence-corrected chi connectivity index (χ3v) is 6.86. The van der Waals surface area contributed by atoms with Crippen LogP contribution < -0.4 is 5.56 Å². The first-order valence-corrected chi connectivity index (χ1v) is 11.5. The fraction of sp³-hybridized carbons (Fsp3) is 0.381. The molecule has 0 saturated heterocycles. The van der Waals surface area contributed by atoms with Crippen molar-refractivity contribution in [2.75, 3.05) is 27.2 Å². The molecule has 178 valence electrons. The molecule has 0 fully saturated rings. The Morgan fingerprint density at radius 2 is 1.82 bits per heavy atom. The van der Waals surface area contributed by atoms with Gasteiger partial charge in [-0.15, -0.1) is 0 Å². The number of carboxylic acids is 1. The van der Waals surface area contributed by atoms with Gasteiger partial charge in [0.15, 0.2) is 0 Å². The minimum Gasteiger partial charge on any atom is -0.478 e. The van der Waals surface area contributed by atoms with Crippen LogP contribution >= 0.6 is 0 Å². The summed E-state index contributed by atoms with van der Waals surface area (Å²) in [5.41, 5.74) is -0.971. The molecule has 2 heterocycles. The van der Waals surface area contributed by atoms with Crippen LogP contribution in [0.5, 0.6) is 0 Å². The number of benzene rings is 1. The number of hydrogen-bond donors (Lipinski definition) is 3. The standard InChI is InChI=1S/C21H26N4O7S/c1-21(2,3)32-20(29)24(4)8-9-25(5)33(30,31)12-6-7-15-13(10-12)16-14(19(27)28)11-22-17(16)18(26)23-15/h6-7,10-11,22H,8-9H2,1-5H3,(H,23,26)(H,27,28). The molecule has 0 bridgehead atoms. The van der Waals surface area contributed by atoms with Gasteiger partial charge in [-0.3, -0.25) is 4.79 Å². The molecule has 0 unspecified atom stereocenters. The molecule has 0 radical (unpaired) electrons. The Bertz CT molecular complexity index is 1400. The second-order valence-corrected chi connectivity index (χ2v) is 10.7. The van der Waals surface area contributed by atoms with Gasteiger partial charge in [-0.25, -0.2) is 18.0 Å². The summed E-state index contributed by atoms with van der Waals surface area (Å²) >= 11 is 0. The number of ether oxygens (including phenoxy) is 1. The monoisotopic (exact) mass is 478 g/mol. The predicted octanol–water partition coefficient (Wildman–Crippen LogP) is 2.19. The van der Waals surface area contributed by atoms with Gasteiger partial charge >= 0.3 is 12.1 Å². The van der Waals surface area contributed by atoms with Crippen molar-refractivity contribution < 1.29 is 27.9 Å². The van der Waals surface area contributed by atoms with E-state index in [1.807, 2.05) is 0 Å². The van der Waals surface area contributed by atoms with Gasteiger partial charge in [-0.05, 0) is 39.0 Å². The number of aromatic amines is 2. The Morgan fingerprint density at radius 1 is 1.15 bits per heavy atom. The highest BCUT2D eigenvalue weighted by atomic mass is 32.2. The first kappa shape index (κ1) is 24.3. The van der Waals surface area contributed by atoms with Gasteiger partial charge in [0.2, 0.25) is 10.0 Å². The SMILES string of the molecule is CN(CCN(C)S(=O)(=O)c1ccc2[nH]c(=O)c3[nH]cc(C(=O)O)c3c2c1)C(=O)OC(C)(C)C. The van der Waals surface area contributed by atoms with Gasteiger partial charge in [0.1, 0.15) is 11.1 Å². The van der Waals surface area contributed by atoms with E-state index >= 15 is 0 Å². The zero-order valence-electron chi connectivity index (χ0n) is 18.9. The summed E-state index contributed by atoms with van der Waals surface area (Å²) in [4.78, 5) is 42.4. The number of H-pyrrole nitrogens is 2. The van der Waals surface area contributed by atoms with Crippen molar-refractivity contribution in [1.82, 2.24) is 19.2 Å². The van der Waals surface area contributed by atoms with Gasteiger partial charge < -0.3 is 24.7 Å². The molecule has 3 rings (SSSR count). The number of hydrogen-bond acceptors (Lipinski definition) is 6. The molecule has 3 aromatic rings. The van der Waals surface area contributed by atoms with Crippen LogP contribution in [0.2, 0.25) is 0 Å². The number of fused-ring (bicyclic) bond motifs is 3. The van der Waals surface area contributed by atoms with E-state index in [4.69, 9.17) is 4.74 Å². The number of aromatic nitrogens is 2. The van der Waals surface area contributed by atoms with Crippen molar-refractivity contribution in [3.63, 3.8) is 0 Å². The van der Waals surface area contributed by atoms with Crippen molar-refractivity contribution in [2.45, 2.75) is 31.3 Å². The maximum absolute atomic E-state index is 13.1. The van der Waals surface area contributed by atoms with Crippen LogP contribution in [0.1, 0.15) is 31.1 Å². The van der Waals surface area contributed by atoms with Crippen molar-refractivity contribution in [2.24, 2.45) is 0 Å². The van der Waals surface area contributed by atoms with Crippen molar-refractivity contribution >= 4 is 43.9 Å². The third kappa shape index (κ3) is 4.86. The molecule has 0 aliphatic rings. The summed E-state index contributed by atoms with van der Waals surface area (Å²) < 4.78 is 32.6. The smallest absolute Gasteiger partial charge is 0.410 e. The molecule has 1 amide bonds. The van der Waals surface area contributed by atoms with Crippen LogP contribution in [-0.2, 0) is 14.8 Å². The number of carboxylic acid groups (broad SMARTS) is 1. The highest BCUT2D eigenvalue weighted by Gasteiger charge is 2.25.